The Bertz CT molecular complexity index is 1490. The summed E-state index contributed by atoms with van der Waals surface area (Å²) in [5.41, 5.74) is 3.57. The Morgan fingerprint density at radius 1 is 0.800 bits per heavy atom. The van der Waals surface area contributed by atoms with Crippen molar-refractivity contribution in [3.63, 3.8) is 0 Å². The maximum absolute atomic E-state index is 14.0. The smallest absolute Gasteiger partial charge is 0.305 e. The van der Waals surface area contributed by atoms with E-state index in [0.717, 1.165) is 5.56 Å². The van der Waals surface area contributed by atoms with Crippen LogP contribution in [-0.4, -0.2) is 60.0 Å². The zero-order chi connectivity index (χ0) is 28.5. The molecule has 204 valence electrons. The Morgan fingerprint density at radius 2 is 1.43 bits per heavy atom. The van der Waals surface area contributed by atoms with Crippen LogP contribution in [0.15, 0.2) is 97.3 Å². The van der Waals surface area contributed by atoms with Gasteiger partial charge in [-0.15, -0.1) is 0 Å². The van der Waals surface area contributed by atoms with Crippen LogP contribution in [0.1, 0.15) is 32.7 Å². The van der Waals surface area contributed by atoms with Gasteiger partial charge in [0.25, 0.3) is 11.8 Å². The van der Waals surface area contributed by atoms with Crippen molar-refractivity contribution in [3.05, 3.63) is 114 Å². The van der Waals surface area contributed by atoms with Gasteiger partial charge < -0.3 is 19.6 Å². The van der Waals surface area contributed by atoms with Crippen molar-refractivity contribution in [1.82, 2.24) is 9.88 Å². The molecule has 1 aromatic heterocycles. The molecule has 0 aliphatic carbocycles. The number of aromatic nitrogens is 1. The minimum atomic E-state index is -0.988. The normalized spacial score (nSPS) is 10.6. The molecule has 0 saturated heterocycles. The molecule has 8 nitrogen and oxygen atoms in total. The summed E-state index contributed by atoms with van der Waals surface area (Å²) in [5, 5.41) is 9.35. The standard InChI is InChI=1S/C32H31N3O5/c1-34(24-11-9-19-33-22-24)31(38)27-14-6-4-12-25(27)26-13-5-7-15-28(26)32(39)35(21-18-30(36)37)20-17-23-10-3-8-16-29(23)40-2/h3-16,19,22H,17-18,20-21H2,1-2H3,(H,36,37). The van der Waals surface area contributed by atoms with E-state index in [1.807, 2.05) is 42.5 Å². The molecule has 4 rings (SSSR count). The van der Waals surface area contributed by atoms with Crippen LogP contribution in [0.25, 0.3) is 11.1 Å². The van der Waals surface area contributed by atoms with Crippen molar-refractivity contribution in [2.75, 3.05) is 32.1 Å². The van der Waals surface area contributed by atoms with Crippen molar-refractivity contribution in [3.8, 4) is 16.9 Å². The number of pyridine rings is 1. The fraction of sp³-hybridized carbons (Fsp3) is 0.188. The number of rotatable bonds is 11. The largest absolute Gasteiger partial charge is 0.496 e. The maximum atomic E-state index is 14.0. The molecule has 4 aromatic rings. The highest BCUT2D eigenvalue weighted by Gasteiger charge is 2.24. The van der Waals surface area contributed by atoms with E-state index in [1.165, 1.54) is 4.90 Å². The van der Waals surface area contributed by atoms with Gasteiger partial charge in [0.2, 0.25) is 0 Å². The predicted octanol–water partition coefficient (Wildman–Crippen LogP) is 5.19. The number of para-hydroxylation sites is 1. The number of benzene rings is 3. The van der Waals surface area contributed by atoms with Crippen molar-refractivity contribution >= 4 is 23.5 Å². The molecular formula is C32H31N3O5. The lowest BCUT2D eigenvalue weighted by Gasteiger charge is -2.25. The number of amides is 2. The number of carbonyl (C=O) groups is 3. The molecule has 0 unspecified atom stereocenters. The van der Waals surface area contributed by atoms with Crippen molar-refractivity contribution < 1.29 is 24.2 Å². The van der Waals surface area contributed by atoms with Gasteiger partial charge in [0.05, 0.1) is 25.4 Å². The molecule has 2 amide bonds. The Balaban J connectivity index is 1.68. The van der Waals surface area contributed by atoms with Crippen LogP contribution < -0.4 is 9.64 Å². The van der Waals surface area contributed by atoms with E-state index in [1.54, 1.807) is 73.9 Å². The first-order valence-corrected chi connectivity index (χ1v) is 12.9. The average Bonchev–Trinajstić information content (AvgIpc) is 3.00. The SMILES string of the molecule is COc1ccccc1CCN(CCC(=O)O)C(=O)c1ccccc1-c1ccccc1C(=O)N(C)c1cccnc1. The molecule has 1 heterocycles. The Labute approximate surface area is 233 Å². The topological polar surface area (TPSA) is 100 Å². The average molecular weight is 538 g/mol. The van der Waals surface area contributed by atoms with Crippen molar-refractivity contribution in [2.24, 2.45) is 0 Å². The van der Waals surface area contributed by atoms with Crippen LogP contribution in [0.5, 0.6) is 5.75 Å². The van der Waals surface area contributed by atoms with Gasteiger partial charge >= 0.3 is 5.97 Å². The molecule has 8 heteroatoms. The third-order valence-corrected chi connectivity index (χ3v) is 6.67. The lowest BCUT2D eigenvalue weighted by molar-refractivity contribution is -0.137. The van der Waals surface area contributed by atoms with E-state index in [2.05, 4.69) is 4.98 Å². The number of hydrogen-bond acceptors (Lipinski definition) is 5. The van der Waals surface area contributed by atoms with Crippen LogP contribution in [0, 0.1) is 0 Å². The van der Waals surface area contributed by atoms with Crippen LogP contribution in [0.3, 0.4) is 0 Å². The highest BCUT2D eigenvalue weighted by molar-refractivity contribution is 6.11. The fourth-order valence-electron chi connectivity index (χ4n) is 4.54. The molecule has 0 aliphatic rings. The number of carboxylic acids is 1. The summed E-state index contributed by atoms with van der Waals surface area (Å²) in [7, 11) is 3.27. The number of carbonyl (C=O) groups excluding carboxylic acids is 2. The maximum Gasteiger partial charge on any atom is 0.305 e. The summed E-state index contributed by atoms with van der Waals surface area (Å²) in [6.45, 7) is 0.340. The number of ether oxygens (including phenoxy) is 1. The van der Waals surface area contributed by atoms with Crippen LogP contribution >= 0.6 is 0 Å². The van der Waals surface area contributed by atoms with Crippen LogP contribution in [-0.2, 0) is 11.2 Å². The monoisotopic (exact) mass is 537 g/mol. The van der Waals surface area contributed by atoms with Gasteiger partial charge in [-0.05, 0) is 53.4 Å². The van der Waals surface area contributed by atoms with Gasteiger partial charge in [-0.3, -0.25) is 19.4 Å². The second kappa shape index (κ2) is 13.2. The minimum Gasteiger partial charge on any atom is -0.496 e. The quantitative estimate of drug-likeness (QED) is 0.283. The first kappa shape index (κ1) is 28.0. The number of anilines is 1. The van der Waals surface area contributed by atoms with Crippen molar-refractivity contribution in [2.45, 2.75) is 12.8 Å². The van der Waals surface area contributed by atoms with E-state index in [-0.39, 0.29) is 24.8 Å². The van der Waals surface area contributed by atoms with Crippen molar-refractivity contribution in [1.29, 1.82) is 0 Å². The zero-order valence-corrected chi connectivity index (χ0v) is 22.5. The molecule has 3 aromatic carbocycles. The second-order valence-electron chi connectivity index (χ2n) is 9.16. The van der Waals surface area contributed by atoms with Gasteiger partial charge in [-0.2, -0.15) is 0 Å². The predicted molar refractivity (Wildman–Crippen MR) is 154 cm³/mol. The van der Waals surface area contributed by atoms with Gasteiger partial charge in [0, 0.05) is 37.5 Å². The number of carboxylic acid groups (broad SMARTS) is 1. The summed E-state index contributed by atoms with van der Waals surface area (Å²) in [6.07, 6.45) is 3.55. The molecular weight excluding hydrogens is 506 g/mol. The molecule has 40 heavy (non-hydrogen) atoms. The Hall–Kier alpha value is -4.98. The molecule has 0 radical (unpaired) electrons. The van der Waals surface area contributed by atoms with Crippen LogP contribution in [0.2, 0.25) is 0 Å². The fourth-order valence-corrected chi connectivity index (χ4v) is 4.54. The second-order valence-corrected chi connectivity index (χ2v) is 9.16. The zero-order valence-electron chi connectivity index (χ0n) is 22.5. The minimum absolute atomic E-state index is 0.0436. The van der Waals surface area contributed by atoms with Gasteiger partial charge in [-0.25, -0.2) is 0 Å². The molecule has 0 spiro atoms. The molecule has 0 saturated carbocycles. The van der Waals surface area contributed by atoms with Crippen LogP contribution in [0.4, 0.5) is 5.69 Å². The van der Waals surface area contributed by atoms with E-state index >= 15 is 0 Å². The third-order valence-electron chi connectivity index (χ3n) is 6.67. The summed E-state index contributed by atoms with van der Waals surface area (Å²) < 4.78 is 5.45. The molecule has 0 bridgehead atoms. The first-order valence-electron chi connectivity index (χ1n) is 12.9. The van der Waals surface area contributed by atoms with Gasteiger partial charge in [-0.1, -0.05) is 54.6 Å². The Kier molecular flexibility index (Phi) is 9.25. The summed E-state index contributed by atoms with van der Waals surface area (Å²) >= 11 is 0. The van der Waals surface area contributed by atoms with E-state index < -0.39 is 5.97 Å². The van der Waals surface area contributed by atoms with E-state index in [9.17, 15) is 19.5 Å². The molecule has 1 N–H and O–H groups in total. The summed E-state index contributed by atoms with van der Waals surface area (Å²) in [4.78, 5) is 46.1. The number of aliphatic carboxylic acids is 1. The number of methoxy groups -OCH3 is 1. The summed E-state index contributed by atoms with van der Waals surface area (Å²) in [5.74, 6) is -0.837. The molecule has 0 aliphatic heterocycles. The summed E-state index contributed by atoms with van der Waals surface area (Å²) in [6, 6.07) is 25.3. The highest BCUT2D eigenvalue weighted by atomic mass is 16.5. The number of nitrogens with zero attached hydrogens (tertiary/aromatic N) is 3. The lowest BCUT2D eigenvalue weighted by atomic mass is 9.94. The van der Waals surface area contributed by atoms with Gasteiger partial charge in [0.15, 0.2) is 0 Å². The van der Waals surface area contributed by atoms with E-state index in [0.29, 0.717) is 46.7 Å². The number of hydrogen-bond donors (Lipinski definition) is 1. The van der Waals surface area contributed by atoms with Gasteiger partial charge in [0.1, 0.15) is 5.75 Å². The third kappa shape index (κ3) is 6.53. The molecule has 0 fully saturated rings. The Morgan fingerprint density at radius 3 is 2.05 bits per heavy atom. The highest BCUT2D eigenvalue weighted by Crippen LogP contribution is 2.30. The molecule has 0 atom stereocenters. The lowest BCUT2D eigenvalue weighted by Crippen LogP contribution is -2.35. The first-order chi connectivity index (χ1) is 19.4. The van der Waals surface area contributed by atoms with E-state index in [4.69, 9.17) is 4.74 Å².